The predicted molar refractivity (Wildman–Crippen MR) is 117 cm³/mol. The van der Waals surface area contributed by atoms with E-state index in [0.29, 0.717) is 27.6 Å². The second-order valence-electron chi connectivity index (χ2n) is 11.5. The minimum Gasteiger partial charge on any atom is -0.0649 e. The highest BCUT2D eigenvalue weighted by atomic mass is 14.5. The molecule has 0 aliphatic carbocycles. The minimum absolute atomic E-state index is 0.337. The van der Waals surface area contributed by atoms with Gasteiger partial charge in [0, 0.05) is 0 Å². The molecule has 0 saturated carbocycles. The zero-order chi connectivity index (χ0) is 20.4. The molecule has 0 amide bonds. The van der Waals surface area contributed by atoms with E-state index in [0.717, 1.165) is 17.8 Å². The largest absolute Gasteiger partial charge is 0.0649 e. The van der Waals surface area contributed by atoms with Crippen LogP contribution in [0.25, 0.3) is 0 Å². The minimum atomic E-state index is 0.337. The van der Waals surface area contributed by atoms with E-state index in [9.17, 15) is 0 Å². The lowest BCUT2D eigenvalue weighted by atomic mass is 9.51. The van der Waals surface area contributed by atoms with Crippen molar-refractivity contribution in [1.29, 1.82) is 0 Å². The number of hydrogen-bond acceptors (Lipinski definition) is 0. The highest BCUT2D eigenvalue weighted by Gasteiger charge is 2.48. The van der Waals surface area contributed by atoms with Gasteiger partial charge in [0.1, 0.15) is 0 Å². The molecule has 0 aromatic heterocycles. The molecule has 3 atom stereocenters. The van der Waals surface area contributed by atoms with Crippen molar-refractivity contribution in [2.45, 2.75) is 116 Å². The van der Waals surface area contributed by atoms with Gasteiger partial charge in [0.05, 0.1) is 0 Å². The normalized spacial score (nSPS) is 19.2. The summed E-state index contributed by atoms with van der Waals surface area (Å²) in [4.78, 5) is 0. The van der Waals surface area contributed by atoms with Crippen LogP contribution in [0.1, 0.15) is 116 Å². The van der Waals surface area contributed by atoms with Gasteiger partial charge in [0.2, 0.25) is 0 Å². The number of rotatable bonds is 10. The zero-order valence-corrected chi connectivity index (χ0v) is 20.4. The molecule has 0 fully saturated rings. The second kappa shape index (κ2) is 8.35. The Hall–Kier alpha value is 0. The fraction of sp³-hybridized carbons (Fsp3) is 1.00. The van der Waals surface area contributed by atoms with Gasteiger partial charge >= 0.3 is 0 Å². The Kier molecular flexibility index (Phi) is 8.35. The highest BCUT2D eigenvalue weighted by molar-refractivity contribution is 4.97. The number of hydrogen-bond donors (Lipinski definition) is 0. The summed E-state index contributed by atoms with van der Waals surface area (Å²) in [7, 11) is 0. The molecule has 0 bridgehead atoms. The Bertz CT molecular complexity index is 390. The molecule has 0 radical (unpaired) electrons. The van der Waals surface area contributed by atoms with Crippen LogP contribution in [0.15, 0.2) is 0 Å². The van der Waals surface area contributed by atoms with Crippen molar-refractivity contribution in [3.8, 4) is 0 Å². The molecule has 0 heteroatoms. The van der Waals surface area contributed by atoms with Crippen LogP contribution in [0.2, 0.25) is 0 Å². The quantitative estimate of drug-likeness (QED) is 0.368. The average Bonchev–Trinajstić information content (AvgIpc) is 2.52. The molecular formula is C25H52. The summed E-state index contributed by atoms with van der Waals surface area (Å²) in [6.45, 7) is 34.6. The van der Waals surface area contributed by atoms with Crippen molar-refractivity contribution in [2.24, 2.45) is 45.3 Å². The van der Waals surface area contributed by atoms with Gasteiger partial charge in [-0.25, -0.2) is 0 Å². The average molecular weight is 353 g/mol. The first kappa shape index (κ1) is 25.0. The van der Waals surface area contributed by atoms with Gasteiger partial charge < -0.3 is 0 Å². The van der Waals surface area contributed by atoms with Crippen molar-refractivity contribution >= 4 is 0 Å². The molecule has 3 unspecified atom stereocenters. The molecular weight excluding hydrogens is 300 g/mol. The zero-order valence-electron chi connectivity index (χ0n) is 20.4. The first-order valence-corrected chi connectivity index (χ1v) is 11.0. The standard InChI is InChI=1S/C25H52/c1-15-22(9,10)23(11,12)20(7)21(8)24(13,16-2)17-25(14,18(3)4)19(5)6/h18-21H,15-17H2,1-14H3. The lowest BCUT2D eigenvalue weighted by Crippen LogP contribution is -2.46. The molecule has 0 spiro atoms. The molecule has 0 saturated heterocycles. The van der Waals surface area contributed by atoms with Gasteiger partial charge in [-0.2, -0.15) is 0 Å². The SMILES string of the molecule is CCC(C)(CC(C)(C(C)C)C(C)C)C(C)C(C)C(C)(C)C(C)(C)CC. The summed E-state index contributed by atoms with van der Waals surface area (Å²) in [5.41, 5.74) is 1.51. The summed E-state index contributed by atoms with van der Waals surface area (Å²) < 4.78 is 0. The van der Waals surface area contributed by atoms with Crippen LogP contribution in [0.5, 0.6) is 0 Å². The Labute approximate surface area is 161 Å². The van der Waals surface area contributed by atoms with Crippen LogP contribution in [0, 0.1) is 45.3 Å². The fourth-order valence-electron chi connectivity index (χ4n) is 4.85. The molecule has 25 heavy (non-hydrogen) atoms. The molecule has 0 nitrogen and oxygen atoms in total. The van der Waals surface area contributed by atoms with Crippen molar-refractivity contribution in [2.75, 3.05) is 0 Å². The summed E-state index contributed by atoms with van der Waals surface area (Å²) in [6.07, 6.45) is 3.85. The summed E-state index contributed by atoms with van der Waals surface area (Å²) in [6, 6.07) is 0. The topological polar surface area (TPSA) is 0 Å². The van der Waals surface area contributed by atoms with E-state index in [1.54, 1.807) is 0 Å². The Morgan fingerprint density at radius 2 is 1.00 bits per heavy atom. The first-order chi connectivity index (χ1) is 11.0. The molecule has 0 rings (SSSR count). The monoisotopic (exact) mass is 352 g/mol. The van der Waals surface area contributed by atoms with Gasteiger partial charge in [-0.05, 0) is 51.8 Å². The Balaban J connectivity index is 5.78. The third kappa shape index (κ3) is 4.84. The van der Waals surface area contributed by atoms with Crippen LogP contribution >= 0.6 is 0 Å². The van der Waals surface area contributed by atoms with Gasteiger partial charge in [0.25, 0.3) is 0 Å². The van der Waals surface area contributed by atoms with E-state index in [2.05, 4.69) is 96.9 Å². The van der Waals surface area contributed by atoms with E-state index in [-0.39, 0.29) is 0 Å². The third-order valence-electron chi connectivity index (χ3n) is 9.85. The van der Waals surface area contributed by atoms with Gasteiger partial charge in [-0.3, -0.25) is 0 Å². The fourth-order valence-corrected chi connectivity index (χ4v) is 4.85. The van der Waals surface area contributed by atoms with Crippen LogP contribution < -0.4 is 0 Å². The Morgan fingerprint density at radius 1 is 0.600 bits per heavy atom. The maximum atomic E-state index is 2.58. The molecule has 0 heterocycles. The van der Waals surface area contributed by atoms with Gasteiger partial charge in [0.15, 0.2) is 0 Å². The smallest absolute Gasteiger partial charge is 0.0274 e. The highest BCUT2D eigenvalue weighted by Crippen LogP contribution is 2.56. The van der Waals surface area contributed by atoms with E-state index in [1.807, 2.05) is 0 Å². The molecule has 152 valence electrons. The predicted octanol–water partition coefficient (Wildman–Crippen LogP) is 8.85. The lowest BCUT2D eigenvalue weighted by Gasteiger charge is -2.54. The van der Waals surface area contributed by atoms with E-state index in [1.165, 1.54) is 19.3 Å². The van der Waals surface area contributed by atoms with E-state index >= 15 is 0 Å². The lowest BCUT2D eigenvalue weighted by molar-refractivity contribution is -0.0485. The van der Waals surface area contributed by atoms with E-state index in [4.69, 9.17) is 0 Å². The second-order valence-corrected chi connectivity index (χ2v) is 11.5. The van der Waals surface area contributed by atoms with Crippen molar-refractivity contribution in [3.05, 3.63) is 0 Å². The molecule has 0 N–H and O–H groups in total. The van der Waals surface area contributed by atoms with Crippen LogP contribution in [-0.2, 0) is 0 Å². The summed E-state index contributed by atoms with van der Waals surface area (Å²) >= 11 is 0. The van der Waals surface area contributed by atoms with Crippen LogP contribution in [-0.4, -0.2) is 0 Å². The third-order valence-corrected chi connectivity index (χ3v) is 9.85. The summed E-state index contributed by atoms with van der Waals surface area (Å²) in [5.74, 6) is 2.87. The van der Waals surface area contributed by atoms with Crippen molar-refractivity contribution in [1.82, 2.24) is 0 Å². The molecule has 0 aliphatic rings. The first-order valence-electron chi connectivity index (χ1n) is 11.0. The Morgan fingerprint density at radius 3 is 1.28 bits per heavy atom. The van der Waals surface area contributed by atoms with Crippen LogP contribution in [0.3, 0.4) is 0 Å². The van der Waals surface area contributed by atoms with Gasteiger partial charge in [-0.15, -0.1) is 0 Å². The maximum Gasteiger partial charge on any atom is -0.0274 e. The van der Waals surface area contributed by atoms with Crippen molar-refractivity contribution < 1.29 is 0 Å². The summed E-state index contributed by atoms with van der Waals surface area (Å²) in [5, 5.41) is 0. The van der Waals surface area contributed by atoms with Crippen molar-refractivity contribution in [3.63, 3.8) is 0 Å². The molecule has 0 aliphatic heterocycles. The molecule has 0 aromatic carbocycles. The van der Waals surface area contributed by atoms with Gasteiger partial charge in [-0.1, -0.05) is 110 Å². The van der Waals surface area contributed by atoms with Crippen LogP contribution in [0.4, 0.5) is 0 Å². The maximum absolute atomic E-state index is 2.58. The molecule has 0 aromatic rings. The van der Waals surface area contributed by atoms with E-state index < -0.39 is 0 Å².